The Kier molecular flexibility index (Phi) is 3.32. The number of hydrogen-bond acceptors (Lipinski definition) is 3. The molecule has 0 aliphatic heterocycles. The summed E-state index contributed by atoms with van der Waals surface area (Å²) >= 11 is 3.44. The number of nitrogen functional groups attached to an aromatic ring is 1. The third kappa shape index (κ3) is 2.47. The van der Waals surface area contributed by atoms with E-state index in [0.717, 1.165) is 38.0 Å². The summed E-state index contributed by atoms with van der Waals surface area (Å²) in [7, 11) is 0. The van der Waals surface area contributed by atoms with Gasteiger partial charge < -0.3 is 11.1 Å². The number of benzene rings is 2. The van der Waals surface area contributed by atoms with Crippen molar-refractivity contribution in [2.45, 2.75) is 6.92 Å². The zero-order valence-corrected chi connectivity index (χ0v) is 12.6. The number of halogens is 1. The summed E-state index contributed by atoms with van der Waals surface area (Å²) < 4.78 is 0.977. The van der Waals surface area contributed by atoms with E-state index in [0.29, 0.717) is 0 Å². The van der Waals surface area contributed by atoms with Gasteiger partial charge in [-0.25, -0.2) is 0 Å². The first kappa shape index (κ1) is 12.9. The lowest BCUT2D eigenvalue weighted by Crippen LogP contribution is -1.95. The fraction of sp³-hybridized carbons (Fsp3) is 0.0625. The van der Waals surface area contributed by atoms with Crippen molar-refractivity contribution < 1.29 is 0 Å². The average molecular weight is 328 g/mol. The minimum absolute atomic E-state index is 0.801. The van der Waals surface area contributed by atoms with E-state index in [1.54, 1.807) is 0 Å². The lowest BCUT2D eigenvalue weighted by atomic mass is 10.1. The number of para-hydroxylation sites is 1. The predicted octanol–water partition coefficient (Wildman–Crippen LogP) is 4.63. The molecule has 0 saturated carbocycles. The SMILES string of the molecule is Cc1cc(Nc2cccc3cc(Br)cnc23)ccc1N. The molecule has 0 aliphatic carbocycles. The first-order valence-electron chi connectivity index (χ1n) is 6.31. The number of nitrogens with two attached hydrogens (primary N) is 1. The molecule has 3 nitrogen and oxygen atoms in total. The number of anilines is 3. The Balaban J connectivity index is 2.04. The van der Waals surface area contributed by atoms with Crippen LogP contribution in [-0.2, 0) is 0 Å². The Hall–Kier alpha value is -2.07. The second-order valence-electron chi connectivity index (χ2n) is 4.73. The van der Waals surface area contributed by atoms with E-state index in [9.17, 15) is 0 Å². The molecule has 3 rings (SSSR count). The van der Waals surface area contributed by atoms with Crippen LogP contribution in [0.4, 0.5) is 17.1 Å². The number of pyridine rings is 1. The number of rotatable bonds is 2. The van der Waals surface area contributed by atoms with E-state index in [2.05, 4.69) is 32.3 Å². The molecule has 4 heteroatoms. The van der Waals surface area contributed by atoms with Crippen molar-refractivity contribution in [2.24, 2.45) is 0 Å². The number of aromatic nitrogens is 1. The summed E-state index contributed by atoms with van der Waals surface area (Å²) in [6.07, 6.45) is 1.81. The molecule has 0 spiro atoms. The molecular formula is C16H14BrN3. The van der Waals surface area contributed by atoms with Crippen LogP contribution in [-0.4, -0.2) is 4.98 Å². The van der Waals surface area contributed by atoms with Gasteiger partial charge in [0.2, 0.25) is 0 Å². The minimum Gasteiger partial charge on any atom is -0.399 e. The van der Waals surface area contributed by atoms with Gasteiger partial charge >= 0.3 is 0 Å². The molecule has 1 aromatic heterocycles. The maximum atomic E-state index is 5.84. The van der Waals surface area contributed by atoms with Gasteiger partial charge in [0.25, 0.3) is 0 Å². The third-order valence-electron chi connectivity index (χ3n) is 3.23. The molecule has 1 heterocycles. The summed E-state index contributed by atoms with van der Waals surface area (Å²) in [5, 5.41) is 4.50. The number of fused-ring (bicyclic) bond motifs is 1. The standard InChI is InChI=1S/C16H14BrN3/c1-10-7-13(5-6-14(10)18)20-15-4-2-3-11-8-12(17)9-19-16(11)15/h2-9,20H,18H2,1H3. The van der Waals surface area contributed by atoms with Crippen LogP contribution < -0.4 is 11.1 Å². The molecule has 2 aromatic carbocycles. The van der Waals surface area contributed by atoms with Crippen molar-refractivity contribution in [3.05, 3.63) is 58.7 Å². The van der Waals surface area contributed by atoms with E-state index in [1.165, 1.54) is 0 Å². The first-order valence-corrected chi connectivity index (χ1v) is 7.10. The Bertz CT molecular complexity index is 784. The van der Waals surface area contributed by atoms with Crippen molar-refractivity contribution in [2.75, 3.05) is 11.1 Å². The highest BCUT2D eigenvalue weighted by Gasteiger charge is 2.04. The summed E-state index contributed by atoms with van der Waals surface area (Å²) in [6, 6.07) is 14.1. The van der Waals surface area contributed by atoms with Gasteiger partial charge in [-0.15, -0.1) is 0 Å². The normalized spacial score (nSPS) is 10.7. The van der Waals surface area contributed by atoms with Gasteiger partial charge in [-0.05, 0) is 58.7 Å². The first-order chi connectivity index (χ1) is 9.63. The van der Waals surface area contributed by atoms with Gasteiger partial charge in [-0.2, -0.15) is 0 Å². The molecule has 0 radical (unpaired) electrons. The maximum absolute atomic E-state index is 5.84. The molecule has 3 aromatic rings. The summed E-state index contributed by atoms with van der Waals surface area (Å²) in [5.74, 6) is 0. The largest absolute Gasteiger partial charge is 0.399 e. The van der Waals surface area contributed by atoms with Gasteiger partial charge in [-0.3, -0.25) is 4.98 Å². The van der Waals surface area contributed by atoms with Crippen LogP contribution in [0.15, 0.2) is 53.1 Å². The van der Waals surface area contributed by atoms with Crippen LogP contribution in [0.5, 0.6) is 0 Å². The van der Waals surface area contributed by atoms with E-state index in [1.807, 2.05) is 49.5 Å². The number of aryl methyl sites for hydroxylation is 1. The molecule has 3 N–H and O–H groups in total. The molecule has 100 valence electrons. The maximum Gasteiger partial charge on any atom is 0.0937 e. The average Bonchev–Trinajstić information content (AvgIpc) is 2.43. The van der Waals surface area contributed by atoms with Crippen LogP contribution >= 0.6 is 15.9 Å². The molecular weight excluding hydrogens is 314 g/mol. The van der Waals surface area contributed by atoms with Gasteiger partial charge in [-0.1, -0.05) is 12.1 Å². The van der Waals surface area contributed by atoms with Crippen LogP contribution in [0.3, 0.4) is 0 Å². The highest BCUT2D eigenvalue weighted by atomic mass is 79.9. The number of hydrogen-bond donors (Lipinski definition) is 2. The monoisotopic (exact) mass is 327 g/mol. The minimum atomic E-state index is 0.801. The second kappa shape index (κ2) is 5.13. The van der Waals surface area contributed by atoms with Crippen LogP contribution in [0.2, 0.25) is 0 Å². The summed E-state index contributed by atoms with van der Waals surface area (Å²) in [4.78, 5) is 4.48. The topological polar surface area (TPSA) is 50.9 Å². The van der Waals surface area contributed by atoms with E-state index in [-0.39, 0.29) is 0 Å². The Morgan fingerprint density at radius 3 is 2.80 bits per heavy atom. The van der Waals surface area contributed by atoms with Gasteiger partial charge in [0, 0.05) is 27.4 Å². The summed E-state index contributed by atoms with van der Waals surface area (Å²) in [6.45, 7) is 2.00. The van der Waals surface area contributed by atoms with E-state index in [4.69, 9.17) is 5.73 Å². The Labute approximate surface area is 126 Å². The molecule has 0 unspecified atom stereocenters. The zero-order chi connectivity index (χ0) is 14.1. The van der Waals surface area contributed by atoms with Gasteiger partial charge in [0.1, 0.15) is 0 Å². The number of nitrogens with one attached hydrogen (secondary N) is 1. The zero-order valence-electron chi connectivity index (χ0n) is 11.0. The lowest BCUT2D eigenvalue weighted by molar-refractivity contribution is 1.38. The highest BCUT2D eigenvalue weighted by Crippen LogP contribution is 2.27. The van der Waals surface area contributed by atoms with Crippen molar-refractivity contribution in [1.82, 2.24) is 4.98 Å². The molecule has 0 atom stereocenters. The van der Waals surface area contributed by atoms with Crippen LogP contribution in [0, 0.1) is 6.92 Å². The van der Waals surface area contributed by atoms with E-state index < -0.39 is 0 Å². The molecule has 0 saturated heterocycles. The van der Waals surface area contributed by atoms with Gasteiger partial charge in [0.15, 0.2) is 0 Å². The fourth-order valence-corrected chi connectivity index (χ4v) is 2.49. The molecule has 0 amide bonds. The lowest BCUT2D eigenvalue weighted by Gasteiger charge is -2.11. The van der Waals surface area contributed by atoms with Crippen LogP contribution in [0.25, 0.3) is 10.9 Å². The Morgan fingerprint density at radius 2 is 2.00 bits per heavy atom. The van der Waals surface area contributed by atoms with E-state index >= 15 is 0 Å². The van der Waals surface area contributed by atoms with Crippen molar-refractivity contribution in [3.63, 3.8) is 0 Å². The van der Waals surface area contributed by atoms with Crippen molar-refractivity contribution in [1.29, 1.82) is 0 Å². The quantitative estimate of drug-likeness (QED) is 0.674. The van der Waals surface area contributed by atoms with Crippen molar-refractivity contribution >= 4 is 43.9 Å². The highest BCUT2D eigenvalue weighted by molar-refractivity contribution is 9.10. The Morgan fingerprint density at radius 1 is 1.15 bits per heavy atom. The summed E-state index contributed by atoms with van der Waals surface area (Å²) in [5.41, 5.74) is 10.6. The molecule has 20 heavy (non-hydrogen) atoms. The molecule has 0 bridgehead atoms. The molecule has 0 fully saturated rings. The van der Waals surface area contributed by atoms with Crippen molar-refractivity contribution in [3.8, 4) is 0 Å². The third-order valence-corrected chi connectivity index (χ3v) is 3.66. The smallest absolute Gasteiger partial charge is 0.0937 e. The number of nitrogens with zero attached hydrogens (tertiary/aromatic N) is 1. The predicted molar refractivity (Wildman–Crippen MR) is 88.3 cm³/mol. The van der Waals surface area contributed by atoms with Crippen LogP contribution in [0.1, 0.15) is 5.56 Å². The fourth-order valence-electron chi connectivity index (χ4n) is 2.14. The van der Waals surface area contributed by atoms with Gasteiger partial charge in [0.05, 0.1) is 11.2 Å². The molecule has 0 aliphatic rings. The second-order valence-corrected chi connectivity index (χ2v) is 5.64.